The van der Waals surface area contributed by atoms with Gasteiger partial charge in [0.05, 0.1) is 23.4 Å². The van der Waals surface area contributed by atoms with E-state index in [1.165, 1.54) is 18.6 Å². The predicted octanol–water partition coefficient (Wildman–Crippen LogP) is 5.57. The molecule has 1 aliphatic heterocycles. The molecule has 3 N–H and O–H groups in total. The number of amides is 2. The molecule has 1 saturated heterocycles. The van der Waals surface area contributed by atoms with Crippen LogP contribution in [-0.2, 0) is 15.7 Å². The number of H-pyrrole nitrogens is 2. The molecule has 3 aromatic rings. The van der Waals surface area contributed by atoms with E-state index in [4.69, 9.17) is 4.74 Å². The zero-order chi connectivity index (χ0) is 26.0. The Hall–Kier alpha value is -3.34. The fourth-order valence-electron chi connectivity index (χ4n) is 5.24. The number of hydrogen-bond donors (Lipinski definition) is 3. The van der Waals surface area contributed by atoms with Crippen LogP contribution in [0.4, 0.5) is 19.0 Å². The summed E-state index contributed by atoms with van der Waals surface area (Å²) in [6.07, 6.45) is 3.85. The number of carbonyl (C=O) groups excluding carboxylic acids is 2. The van der Waals surface area contributed by atoms with Gasteiger partial charge in [0.25, 0.3) is 5.91 Å². The fourth-order valence-corrected chi connectivity index (χ4v) is 5.24. The van der Waals surface area contributed by atoms with Crippen molar-refractivity contribution in [3.63, 3.8) is 0 Å². The number of hydrogen-bond acceptors (Lipinski definition) is 4. The lowest BCUT2D eigenvalue weighted by molar-refractivity contribution is -0.143. The molecule has 0 bridgehead atoms. The third kappa shape index (κ3) is 5.82. The van der Waals surface area contributed by atoms with Crippen molar-refractivity contribution in [3.05, 3.63) is 47.3 Å². The van der Waals surface area contributed by atoms with Crippen molar-refractivity contribution in [3.8, 4) is 0 Å². The molecule has 1 atom stereocenters. The van der Waals surface area contributed by atoms with Crippen LogP contribution in [0.1, 0.15) is 79.2 Å². The molecule has 1 saturated carbocycles. The topological polar surface area (TPSA) is 103 Å². The number of likely N-dealkylation sites (tertiary alicyclic amines) is 1. The largest absolute Gasteiger partial charge is 0.416 e. The lowest BCUT2D eigenvalue weighted by Gasteiger charge is -2.35. The van der Waals surface area contributed by atoms with Crippen molar-refractivity contribution in [2.75, 3.05) is 18.5 Å². The number of carbonyl (C=O) groups is 2. The van der Waals surface area contributed by atoms with E-state index in [-0.39, 0.29) is 41.6 Å². The summed E-state index contributed by atoms with van der Waals surface area (Å²) in [5.74, 6) is -0.307. The SMILES string of the molecule is O=C(Nc1cc(C2CCCCN2C(=O)COC2CCCCC2)[nH]n1)c1cc2cc(C(F)(F)F)ccc2[nH]1. The average molecular weight is 518 g/mol. The Balaban J connectivity index is 1.24. The van der Waals surface area contributed by atoms with Gasteiger partial charge in [0.1, 0.15) is 12.3 Å². The summed E-state index contributed by atoms with van der Waals surface area (Å²) in [5.41, 5.74) is 0.479. The minimum absolute atomic E-state index is 0.0493. The molecular weight excluding hydrogens is 487 g/mol. The molecule has 5 rings (SSSR count). The molecule has 0 spiro atoms. The molecule has 2 aliphatic rings. The first kappa shape index (κ1) is 25.3. The number of rotatable bonds is 6. The highest BCUT2D eigenvalue weighted by Crippen LogP contribution is 2.33. The van der Waals surface area contributed by atoms with E-state index >= 15 is 0 Å². The van der Waals surface area contributed by atoms with Crippen molar-refractivity contribution >= 4 is 28.5 Å². The standard InChI is InChI=1S/C26H30F3N5O3/c27-26(28,29)17-9-10-19-16(12-17)13-21(30-19)25(36)31-23-14-20(32-33-23)22-8-4-5-11-34(22)24(35)15-37-18-6-2-1-3-7-18/h9-10,12-14,18,22,30H,1-8,11,15H2,(H2,31,32,33,36). The van der Waals surface area contributed by atoms with Gasteiger partial charge in [-0.2, -0.15) is 18.3 Å². The molecule has 1 aliphatic carbocycles. The van der Waals surface area contributed by atoms with Crippen LogP contribution >= 0.6 is 0 Å². The number of alkyl halides is 3. The summed E-state index contributed by atoms with van der Waals surface area (Å²) >= 11 is 0. The van der Waals surface area contributed by atoms with Crippen LogP contribution in [-0.4, -0.2) is 51.2 Å². The second-order valence-corrected chi connectivity index (χ2v) is 9.82. The van der Waals surface area contributed by atoms with E-state index in [0.717, 1.165) is 57.1 Å². The minimum atomic E-state index is -4.46. The first-order valence-electron chi connectivity index (χ1n) is 12.8. The van der Waals surface area contributed by atoms with Crippen molar-refractivity contribution < 1.29 is 27.5 Å². The smallest absolute Gasteiger partial charge is 0.368 e. The highest BCUT2D eigenvalue weighted by atomic mass is 19.4. The van der Waals surface area contributed by atoms with Crippen LogP contribution in [0.5, 0.6) is 0 Å². The van der Waals surface area contributed by atoms with E-state index in [0.29, 0.717) is 17.8 Å². The average Bonchev–Trinajstić information content (AvgIpc) is 3.54. The number of ether oxygens (including phenoxy) is 1. The van der Waals surface area contributed by atoms with Crippen LogP contribution in [0.25, 0.3) is 10.9 Å². The molecule has 2 fully saturated rings. The van der Waals surface area contributed by atoms with Crippen LogP contribution < -0.4 is 5.32 Å². The fraction of sp³-hybridized carbons (Fsp3) is 0.500. The molecule has 37 heavy (non-hydrogen) atoms. The summed E-state index contributed by atoms with van der Waals surface area (Å²) in [5, 5.41) is 10.1. The number of aromatic amines is 2. The van der Waals surface area contributed by atoms with Crippen LogP contribution in [0.2, 0.25) is 0 Å². The number of halogens is 3. The summed E-state index contributed by atoms with van der Waals surface area (Å²) < 4.78 is 44.9. The first-order valence-corrected chi connectivity index (χ1v) is 12.8. The minimum Gasteiger partial charge on any atom is -0.368 e. The molecule has 1 aromatic carbocycles. The molecule has 11 heteroatoms. The van der Waals surface area contributed by atoms with Gasteiger partial charge in [0.15, 0.2) is 5.82 Å². The lowest BCUT2D eigenvalue weighted by atomic mass is 9.98. The van der Waals surface area contributed by atoms with Crippen LogP contribution in [0, 0.1) is 0 Å². The molecule has 8 nitrogen and oxygen atoms in total. The summed E-state index contributed by atoms with van der Waals surface area (Å²) in [6.45, 7) is 0.697. The van der Waals surface area contributed by atoms with Gasteiger partial charge >= 0.3 is 6.18 Å². The Kier molecular flexibility index (Phi) is 7.23. The Morgan fingerprint density at radius 3 is 2.62 bits per heavy atom. The number of nitrogens with one attached hydrogen (secondary N) is 3. The van der Waals surface area contributed by atoms with Crippen LogP contribution in [0.3, 0.4) is 0 Å². The summed E-state index contributed by atoms with van der Waals surface area (Å²) in [6, 6.07) is 6.15. The number of anilines is 1. The highest BCUT2D eigenvalue weighted by molar-refractivity contribution is 6.05. The molecule has 198 valence electrons. The van der Waals surface area contributed by atoms with E-state index in [2.05, 4.69) is 20.5 Å². The van der Waals surface area contributed by atoms with Gasteiger partial charge < -0.3 is 19.9 Å². The van der Waals surface area contributed by atoms with E-state index in [1.807, 2.05) is 4.90 Å². The molecule has 3 heterocycles. The first-order chi connectivity index (χ1) is 17.8. The Bertz CT molecular complexity index is 1260. The lowest BCUT2D eigenvalue weighted by Crippen LogP contribution is -2.41. The van der Waals surface area contributed by atoms with Crippen molar-refractivity contribution in [2.24, 2.45) is 0 Å². The molecule has 0 radical (unpaired) electrons. The van der Waals surface area contributed by atoms with E-state index in [1.54, 1.807) is 6.07 Å². The molecule has 2 aromatic heterocycles. The van der Waals surface area contributed by atoms with Gasteiger partial charge in [-0.15, -0.1) is 0 Å². The molecular formula is C26H30F3N5O3. The number of fused-ring (bicyclic) bond motifs is 1. The van der Waals surface area contributed by atoms with Gasteiger partial charge in [0.2, 0.25) is 5.91 Å². The Morgan fingerprint density at radius 2 is 1.84 bits per heavy atom. The highest BCUT2D eigenvalue weighted by Gasteiger charge is 2.31. The number of benzene rings is 1. The second kappa shape index (κ2) is 10.6. The third-order valence-corrected chi connectivity index (χ3v) is 7.21. The number of nitrogens with zero attached hydrogens (tertiary/aromatic N) is 2. The predicted molar refractivity (Wildman–Crippen MR) is 131 cm³/mol. The van der Waals surface area contributed by atoms with Crippen molar-refractivity contribution in [2.45, 2.75) is 69.7 Å². The zero-order valence-electron chi connectivity index (χ0n) is 20.4. The maximum atomic E-state index is 13.0. The zero-order valence-corrected chi connectivity index (χ0v) is 20.4. The van der Waals surface area contributed by atoms with E-state index < -0.39 is 17.6 Å². The maximum absolute atomic E-state index is 13.0. The van der Waals surface area contributed by atoms with Crippen molar-refractivity contribution in [1.82, 2.24) is 20.1 Å². The third-order valence-electron chi connectivity index (χ3n) is 7.21. The summed E-state index contributed by atoms with van der Waals surface area (Å²) in [4.78, 5) is 30.4. The van der Waals surface area contributed by atoms with Crippen molar-refractivity contribution in [1.29, 1.82) is 0 Å². The van der Waals surface area contributed by atoms with Gasteiger partial charge in [-0.25, -0.2) is 0 Å². The second-order valence-electron chi connectivity index (χ2n) is 9.82. The van der Waals surface area contributed by atoms with Crippen LogP contribution in [0.15, 0.2) is 30.3 Å². The monoisotopic (exact) mass is 517 g/mol. The quantitative estimate of drug-likeness (QED) is 0.398. The van der Waals surface area contributed by atoms with Gasteiger partial charge in [0, 0.05) is 23.5 Å². The Morgan fingerprint density at radius 1 is 1.05 bits per heavy atom. The van der Waals surface area contributed by atoms with Gasteiger partial charge in [-0.05, 0) is 56.4 Å². The normalized spacial score (nSPS) is 19.3. The number of aromatic nitrogens is 3. The van der Waals surface area contributed by atoms with Gasteiger partial charge in [-0.1, -0.05) is 19.3 Å². The Labute approximate surface area is 211 Å². The molecule has 2 amide bonds. The molecule has 1 unspecified atom stereocenters. The number of piperidine rings is 1. The van der Waals surface area contributed by atoms with Gasteiger partial charge in [-0.3, -0.25) is 14.7 Å². The summed E-state index contributed by atoms with van der Waals surface area (Å²) in [7, 11) is 0. The van der Waals surface area contributed by atoms with E-state index in [9.17, 15) is 22.8 Å². The maximum Gasteiger partial charge on any atom is 0.416 e.